The molecule has 1 aromatic carbocycles. The molecule has 1 N–H and O–H groups in total. The zero-order valence-corrected chi connectivity index (χ0v) is 13.1. The first-order valence-electron chi connectivity index (χ1n) is 7.31. The number of alkyl halides is 3. The second-order valence-corrected chi connectivity index (χ2v) is 6.42. The Kier molecular flexibility index (Phi) is 4.70. The van der Waals surface area contributed by atoms with Crippen LogP contribution in [0.3, 0.4) is 0 Å². The Morgan fingerprint density at radius 1 is 1.13 bits per heavy atom. The van der Waals surface area contributed by atoms with E-state index in [0.29, 0.717) is 5.56 Å². The van der Waals surface area contributed by atoms with Crippen LogP contribution < -0.4 is 5.32 Å². The number of rotatable bonds is 3. The lowest BCUT2D eigenvalue weighted by Crippen LogP contribution is -2.45. The van der Waals surface area contributed by atoms with Gasteiger partial charge >= 0.3 is 6.18 Å². The summed E-state index contributed by atoms with van der Waals surface area (Å²) in [4.78, 5) is 3.10. The number of hydrogen-bond acceptors (Lipinski definition) is 3. The van der Waals surface area contributed by atoms with Gasteiger partial charge in [-0.3, -0.25) is 4.90 Å². The average molecular weight is 344 g/mol. The third-order valence-electron chi connectivity index (χ3n) is 3.94. The Hall–Kier alpha value is -1.44. The zero-order valence-electron chi connectivity index (χ0n) is 12.2. The maximum absolute atomic E-state index is 13.6. The molecule has 0 aliphatic carbocycles. The summed E-state index contributed by atoms with van der Waals surface area (Å²) in [5.41, 5.74) is -0.727. The van der Waals surface area contributed by atoms with E-state index in [1.165, 1.54) is 17.4 Å². The van der Waals surface area contributed by atoms with Gasteiger partial charge in [-0.05, 0) is 29.1 Å². The largest absolute Gasteiger partial charge is 0.419 e. The van der Waals surface area contributed by atoms with Gasteiger partial charge in [0.2, 0.25) is 0 Å². The predicted molar refractivity (Wildman–Crippen MR) is 82.0 cm³/mol. The van der Waals surface area contributed by atoms with Crippen molar-refractivity contribution in [1.29, 1.82) is 0 Å². The first-order chi connectivity index (χ1) is 11.0. The number of thiophene rings is 1. The fourth-order valence-corrected chi connectivity index (χ4v) is 3.76. The van der Waals surface area contributed by atoms with Crippen molar-refractivity contribution in [2.75, 3.05) is 26.2 Å². The molecule has 7 heteroatoms. The van der Waals surface area contributed by atoms with Crippen LogP contribution in [0.15, 0.2) is 35.7 Å². The van der Waals surface area contributed by atoms with Crippen LogP contribution in [-0.2, 0) is 6.18 Å². The maximum atomic E-state index is 13.6. The molecule has 0 spiro atoms. The van der Waals surface area contributed by atoms with Crippen LogP contribution in [0.5, 0.6) is 0 Å². The molecule has 23 heavy (non-hydrogen) atoms. The summed E-state index contributed by atoms with van der Waals surface area (Å²) in [7, 11) is 0. The molecule has 0 unspecified atom stereocenters. The molecule has 1 aromatic heterocycles. The Balaban J connectivity index is 2.03. The zero-order chi connectivity index (χ0) is 16.4. The van der Waals surface area contributed by atoms with Crippen LogP contribution in [0.2, 0.25) is 0 Å². The summed E-state index contributed by atoms with van der Waals surface area (Å²) in [5.74, 6) is -1.23. The van der Waals surface area contributed by atoms with Crippen LogP contribution in [0.4, 0.5) is 17.6 Å². The lowest BCUT2D eigenvalue weighted by molar-refractivity contribution is -0.140. The van der Waals surface area contributed by atoms with E-state index >= 15 is 0 Å². The summed E-state index contributed by atoms with van der Waals surface area (Å²) >= 11 is 1.50. The van der Waals surface area contributed by atoms with E-state index in [4.69, 9.17) is 0 Å². The first-order valence-corrected chi connectivity index (χ1v) is 8.19. The minimum absolute atomic E-state index is 0.279. The molecular formula is C16H16F4N2S. The van der Waals surface area contributed by atoms with Gasteiger partial charge in [-0.1, -0.05) is 12.1 Å². The fraction of sp³-hybridized carbons (Fsp3) is 0.375. The van der Waals surface area contributed by atoms with Crippen molar-refractivity contribution in [3.63, 3.8) is 0 Å². The molecule has 1 fully saturated rings. The van der Waals surface area contributed by atoms with Crippen molar-refractivity contribution in [1.82, 2.24) is 10.2 Å². The average Bonchev–Trinajstić information content (AvgIpc) is 3.03. The normalized spacial score (nSPS) is 18.1. The van der Waals surface area contributed by atoms with Gasteiger partial charge in [0, 0.05) is 31.1 Å². The van der Waals surface area contributed by atoms with Gasteiger partial charge in [0.15, 0.2) is 0 Å². The van der Waals surface area contributed by atoms with E-state index < -0.39 is 17.6 Å². The monoisotopic (exact) mass is 344 g/mol. The van der Waals surface area contributed by atoms with Gasteiger partial charge in [-0.2, -0.15) is 13.2 Å². The number of benzene rings is 1. The van der Waals surface area contributed by atoms with Crippen molar-refractivity contribution >= 4 is 11.3 Å². The fourth-order valence-electron chi connectivity index (χ4n) is 2.87. The molecule has 0 saturated carbocycles. The Morgan fingerprint density at radius 3 is 2.48 bits per heavy atom. The second-order valence-electron chi connectivity index (χ2n) is 5.44. The van der Waals surface area contributed by atoms with Crippen molar-refractivity contribution in [2.45, 2.75) is 12.2 Å². The Bertz CT molecular complexity index is 649. The highest BCUT2D eigenvalue weighted by atomic mass is 32.1. The molecule has 1 aliphatic heterocycles. The number of piperazine rings is 1. The molecule has 0 radical (unpaired) electrons. The molecule has 2 aromatic rings. The standard InChI is InChI=1S/C16H16F4N2S/c17-13-4-3-11(10-12(13)16(18,19)20)15(14-2-1-9-23-14)22-7-5-21-6-8-22/h1-4,9-10,15,21H,5-8H2/t15-/m0/s1. The number of halogens is 4. The molecule has 1 saturated heterocycles. The molecule has 2 nitrogen and oxygen atoms in total. The minimum Gasteiger partial charge on any atom is -0.314 e. The van der Waals surface area contributed by atoms with Crippen LogP contribution in [-0.4, -0.2) is 31.1 Å². The highest BCUT2D eigenvalue weighted by molar-refractivity contribution is 7.10. The molecule has 2 heterocycles. The van der Waals surface area contributed by atoms with Crippen LogP contribution in [0.1, 0.15) is 22.0 Å². The number of nitrogens with zero attached hydrogens (tertiary/aromatic N) is 1. The van der Waals surface area contributed by atoms with Crippen molar-refractivity contribution < 1.29 is 17.6 Å². The van der Waals surface area contributed by atoms with Gasteiger partial charge in [0.25, 0.3) is 0 Å². The van der Waals surface area contributed by atoms with Gasteiger partial charge in [0.05, 0.1) is 11.6 Å². The van der Waals surface area contributed by atoms with E-state index in [2.05, 4.69) is 10.2 Å². The molecule has 0 amide bonds. The van der Waals surface area contributed by atoms with Gasteiger partial charge in [0.1, 0.15) is 5.82 Å². The SMILES string of the molecule is Fc1ccc([C@@H](c2cccs2)N2CCNCC2)cc1C(F)(F)F. The quantitative estimate of drug-likeness (QED) is 0.850. The van der Waals surface area contributed by atoms with E-state index in [-0.39, 0.29) is 6.04 Å². The minimum atomic E-state index is -4.69. The Labute approximate surface area is 135 Å². The van der Waals surface area contributed by atoms with E-state index in [0.717, 1.165) is 43.2 Å². The van der Waals surface area contributed by atoms with Crippen LogP contribution >= 0.6 is 11.3 Å². The highest BCUT2D eigenvalue weighted by Crippen LogP contribution is 2.37. The van der Waals surface area contributed by atoms with Gasteiger partial charge in [-0.15, -0.1) is 11.3 Å². The molecule has 124 valence electrons. The summed E-state index contributed by atoms with van der Waals surface area (Å²) < 4.78 is 52.6. The summed E-state index contributed by atoms with van der Waals surface area (Å²) in [6, 6.07) is 6.83. The molecule has 1 aliphatic rings. The topological polar surface area (TPSA) is 15.3 Å². The van der Waals surface area contributed by atoms with Crippen LogP contribution in [0, 0.1) is 5.82 Å². The van der Waals surface area contributed by atoms with Gasteiger partial charge in [-0.25, -0.2) is 4.39 Å². The van der Waals surface area contributed by atoms with Gasteiger partial charge < -0.3 is 5.32 Å². The Morgan fingerprint density at radius 2 is 1.87 bits per heavy atom. The molecule has 1 atom stereocenters. The number of hydrogen-bond donors (Lipinski definition) is 1. The molecule has 3 rings (SSSR count). The summed E-state index contributed by atoms with van der Waals surface area (Å²) in [6.45, 7) is 3.05. The third kappa shape index (κ3) is 3.57. The molecule has 0 bridgehead atoms. The van der Waals surface area contributed by atoms with Crippen molar-refractivity contribution in [3.8, 4) is 0 Å². The third-order valence-corrected chi connectivity index (χ3v) is 4.87. The maximum Gasteiger partial charge on any atom is 0.419 e. The lowest BCUT2D eigenvalue weighted by atomic mass is 9.99. The van der Waals surface area contributed by atoms with E-state index in [1.54, 1.807) is 0 Å². The lowest BCUT2D eigenvalue weighted by Gasteiger charge is -2.35. The predicted octanol–water partition coefficient (Wildman–Crippen LogP) is 3.90. The van der Waals surface area contributed by atoms with E-state index in [9.17, 15) is 17.6 Å². The summed E-state index contributed by atoms with van der Waals surface area (Å²) in [5, 5.41) is 5.13. The van der Waals surface area contributed by atoms with E-state index in [1.807, 2.05) is 17.5 Å². The summed E-state index contributed by atoms with van der Waals surface area (Å²) in [6.07, 6.45) is -4.69. The van der Waals surface area contributed by atoms with Crippen molar-refractivity contribution in [2.24, 2.45) is 0 Å². The molecular weight excluding hydrogens is 328 g/mol. The second kappa shape index (κ2) is 6.59. The smallest absolute Gasteiger partial charge is 0.314 e. The first kappa shape index (κ1) is 16.4. The highest BCUT2D eigenvalue weighted by Gasteiger charge is 2.35. The number of nitrogens with one attached hydrogen (secondary N) is 1. The van der Waals surface area contributed by atoms with Crippen molar-refractivity contribution in [3.05, 3.63) is 57.5 Å². The van der Waals surface area contributed by atoms with Crippen LogP contribution in [0.25, 0.3) is 0 Å².